The predicted molar refractivity (Wildman–Crippen MR) is 138 cm³/mol. The van der Waals surface area contributed by atoms with Crippen LogP contribution in [0.3, 0.4) is 0 Å². The summed E-state index contributed by atoms with van der Waals surface area (Å²) >= 11 is 0. The summed E-state index contributed by atoms with van der Waals surface area (Å²) in [5, 5.41) is 8.39. The number of unbranched alkanes of at least 4 members (excludes halogenated alkanes) is 12. The number of likely N-dealkylation sites (N-methyl/N-ethyl adjacent to an activating group) is 1. The lowest BCUT2D eigenvalue weighted by molar-refractivity contribution is -0.870. The molecule has 0 aromatic rings. The summed E-state index contributed by atoms with van der Waals surface area (Å²) in [6, 6.07) is 0. The van der Waals surface area contributed by atoms with Crippen LogP contribution in [0.2, 0.25) is 0 Å². The smallest absolute Gasteiger partial charge is 0.463 e. The van der Waals surface area contributed by atoms with Crippen molar-refractivity contribution in [3.05, 3.63) is 0 Å². The number of nitrogens with zero attached hydrogens (tertiary/aromatic N) is 1. The lowest BCUT2D eigenvalue weighted by Crippen LogP contribution is -2.36. The minimum absolute atomic E-state index is 0.0386. The van der Waals surface area contributed by atoms with Crippen LogP contribution >= 0.6 is 8.25 Å². The molecule has 0 heterocycles. The fraction of sp³-hybridized carbons (Fsp3) is 0.960. The van der Waals surface area contributed by atoms with Crippen LogP contribution in [-0.4, -0.2) is 81.2 Å². The second-order valence-corrected chi connectivity index (χ2v) is 10.5. The summed E-state index contributed by atoms with van der Waals surface area (Å²) in [6.07, 6.45) is 16.4. The van der Waals surface area contributed by atoms with Crippen LogP contribution in [0.25, 0.3) is 0 Å². The number of esters is 1. The Morgan fingerprint density at radius 2 is 1.32 bits per heavy atom. The van der Waals surface area contributed by atoms with Gasteiger partial charge in [0.25, 0.3) is 0 Å². The van der Waals surface area contributed by atoms with Crippen molar-refractivity contribution in [1.82, 2.24) is 0 Å². The molecular weight excluding hydrogens is 457 g/mol. The molecule has 9 heteroatoms. The summed E-state index contributed by atoms with van der Waals surface area (Å²) in [6.45, 7) is 3.33. The molecule has 0 aromatic heterocycles. The maximum absolute atomic E-state index is 11.7. The molecule has 0 aliphatic rings. The van der Waals surface area contributed by atoms with Gasteiger partial charge < -0.3 is 19.1 Å². The number of quaternary nitrogens is 1. The van der Waals surface area contributed by atoms with Crippen molar-refractivity contribution in [2.45, 2.75) is 103 Å². The Bertz CT molecular complexity index is 473. The minimum atomic E-state index is -2.66. The first kappa shape index (κ1) is 35.5. The van der Waals surface area contributed by atoms with Crippen LogP contribution in [0.4, 0.5) is 0 Å². The second-order valence-electron chi connectivity index (χ2n) is 9.80. The first-order valence-electron chi connectivity index (χ1n) is 13.0. The molecule has 0 saturated carbocycles. The van der Waals surface area contributed by atoms with Gasteiger partial charge in [0.2, 0.25) is 0 Å². The zero-order chi connectivity index (χ0) is 26.1. The number of rotatable bonds is 22. The zero-order valence-corrected chi connectivity index (χ0v) is 23.5. The van der Waals surface area contributed by atoms with Crippen LogP contribution in [0.15, 0.2) is 0 Å². The van der Waals surface area contributed by atoms with Crippen LogP contribution in [0.5, 0.6) is 0 Å². The first-order chi connectivity index (χ1) is 16.2. The average Bonchev–Trinajstić information content (AvgIpc) is 2.76. The van der Waals surface area contributed by atoms with Gasteiger partial charge in [-0.2, -0.15) is 0 Å². The number of hydrogen-bond donors (Lipinski definition) is 2. The molecule has 8 nitrogen and oxygen atoms in total. The third kappa shape index (κ3) is 31.4. The van der Waals surface area contributed by atoms with E-state index in [1.165, 1.54) is 77.7 Å². The molecule has 0 amide bonds. The molecule has 0 aliphatic heterocycles. The molecule has 0 bridgehead atoms. The highest BCUT2D eigenvalue weighted by Crippen LogP contribution is 2.15. The fourth-order valence-electron chi connectivity index (χ4n) is 3.18. The maximum Gasteiger partial charge on any atom is 0.694 e. The Hall–Kier alpha value is -0.630. The Morgan fingerprint density at radius 1 is 0.853 bits per heavy atom. The Morgan fingerprint density at radius 3 is 1.68 bits per heavy atom. The lowest BCUT2D eigenvalue weighted by atomic mass is 10.0. The fourth-order valence-corrected chi connectivity index (χ4v) is 3.47. The Balaban J connectivity index is 0. The number of methoxy groups -OCH3 is 1. The molecule has 0 radical (unpaired) electrons. The molecular formula is C25H54NO7P+2. The highest BCUT2D eigenvalue weighted by molar-refractivity contribution is 7.32. The van der Waals surface area contributed by atoms with Crippen molar-refractivity contribution in [2.24, 2.45) is 0 Å². The predicted octanol–water partition coefficient (Wildman–Crippen LogP) is 5.38. The summed E-state index contributed by atoms with van der Waals surface area (Å²) < 4.78 is 26.0. The average molecular weight is 512 g/mol. The van der Waals surface area contributed by atoms with Gasteiger partial charge in [0, 0.05) is 18.1 Å². The molecule has 2 N–H and O–H groups in total. The normalized spacial score (nSPS) is 12.6. The third-order valence-corrected chi connectivity index (χ3v) is 5.76. The zero-order valence-electron chi connectivity index (χ0n) is 22.6. The van der Waals surface area contributed by atoms with E-state index in [2.05, 4.69) is 32.6 Å². The molecule has 0 rings (SSSR count). The molecule has 204 valence electrons. The molecule has 2 unspecified atom stereocenters. The Labute approximate surface area is 209 Å². The van der Waals surface area contributed by atoms with E-state index in [4.69, 9.17) is 19.5 Å². The van der Waals surface area contributed by atoms with Gasteiger partial charge in [0.15, 0.2) is 0 Å². The first-order valence-corrected chi connectivity index (χ1v) is 14.2. The molecule has 0 saturated heterocycles. The van der Waals surface area contributed by atoms with Crippen molar-refractivity contribution in [1.29, 1.82) is 0 Å². The number of aliphatic hydroxyl groups excluding tert-OH is 1. The highest BCUT2D eigenvalue weighted by atomic mass is 31.1. The van der Waals surface area contributed by atoms with Gasteiger partial charge in [-0.05, 0) is 6.42 Å². The van der Waals surface area contributed by atoms with Crippen LogP contribution in [0.1, 0.15) is 96.8 Å². The second kappa shape index (κ2) is 25.5. The van der Waals surface area contributed by atoms with Gasteiger partial charge in [0.1, 0.15) is 25.9 Å². The van der Waals surface area contributed by atoms with Gasteiger partial charge in [-0.1, -0.05) is 84.0 Å². The van der Waals surface area contributed by atoms with Crippen LogP contribution < -0.4 is 0 Å². The van der Waals surface area contributed by atoms with Gasteiger partial charge in [-0.25, -0.2) is 0 Å². The molecule has 0 fully saturated rings. The van der Waals surface area contributed by atoms with Crippen molar-refractivity contribution >= 4 is 14.2 Å². The number of ether oxygens (including phenoxy) is 2. The van der Waals surface area contributed by atoms with E-state index in [0.29, 0.717) is 6.42 Å². The SMILES string of the molecule is CCCCCCCCCCCCCCCC(=O)OCC(CO[P+](=O)O)OC.C[N+](C)(C)CCO. The van der Waals surface area contributed by atoms with E-state index in [1.54, 1.807) is 0 Å². The molecule has 0 aromatic carbocycles. The summed E-state index contributed by atoms with van der Waals surface area (Å²) in [4.78, 5) is 20.3. The largest absolute Gasteiger partial charge is 0.694 e. The number of carbonyl (C=O) groups is 1. The molecule has 34 heavy (non-hydrogen) atoms. The van der Waals surface area contributed by atoms with Crippen molar-refractivity contribution in [3.63, 3.8) is 0 Å². The van der Waals surface area contributed by atoms with Gasteiger partial charge in [-0.15, -0.1) is 9.42 Å². The van der Waals surface area contributed by atoms with Crippen LogP contribution in [-0.2, 0) is 23.4 Å². The summed E-state index contributed by atoms with van der Waals surface area (Å²) in [5.74, 6) is -0.256. The number of aliphatic hydroxyl groups is 1. The number of hydrogen-bond acceptors (Lipinski definition) is 6. The van der Waals surface area contributed by atoms with Crippen LogP contribution in [0, 0.1) is 0 Å². The minimum Gasteiger partial charge on any atom is -0.463 e. The van der Waals surface area contributed by atoms with Gasteiger partial charge in [0.05, 0.1) is 27.7 Å². The lowest BCUT2D eigenvalue weighted by Gasteiger charge is -2.21. The molecule has 0 spiro atoms. The molecule has 2 atom stereocenters. The standard InChI is InChI=1S/C20H39O6P.C5H14NO/c1-3-4-5-6-7-8-9-10-11-12-13-14-15-16-20(21)25-17-19(24-2)18-26-27(22)23;1-6(2,3)4-5-7/h19H,3-18H2,1-2H3;7H,4-5H2,1-3H3/q;+1/p+1. The van der Waals surface area contributed by atoms with E-state index in [0.717, 1.165) is 23.9 Å². The summed E-state index contributed by atoms with van der Waals surface area (Å²) in [5.41, 5.74) is 0. The van der Waals surface area contributed by atoms with E-state index in [1.807, 2.05) is 0 Å². The van der Waals surface area contributed by atoms with E-state index in [9.17, 15) is 9.36 Å². The van der Waals surface area contributed by atoms with Crippen molar-refractivity contribution in [2.75, 3.05) is 54.6 Å². The van der Waals surface area contributed by atoms with Gasteiger partial charge >= 0.3 is 14.2 Å². The van der Waals surface area contributed by atoms with Gasteiger partial charge in [-0.3, -0.25) is 4.79 Å². The summed E-state index contributed by atoms with van der Waals surface area (Å²) in [7, 11) is 4.94. The van der Waals surface area contributed by atoms with E-state index < -0.39 is 14.4 Å². The number of carbonyl (C=O) groups excluding carboxylic acids is 1. The van der Waals surface area contributed by atoms with E-state index >= 15 is 0 Å². The quantitative estimate of drug-likeness (QED) is 0.0871. The highest BCUT2D eigenvalue weighted by Gasteiger charge is 2.19. The van der Waals surface area contributed by atoms with Crippen molar-refractivity contribution < 1.29 is 37.8 Å². The van der Waals surface area contributed by atoms with E-state index in [-0.39, 0.29) is 25.8 Å². The maximum atomic E-state index is 11.7. The third-order valence-electron chi connectivity index (χ3n) is 5.39. The monoisotopic (exact) mass is 511 g/mol. The molecule has 0 aliphatic carbocycles. The Kier molecular flexibility index (Phi) is 26.6. The van der Waals surface area contributed by atoms with Crippen molar-refractivity contribution in [3.8, 4) is 0 Å². The topological polar surface area (TPSA) is 102 Å².